The summed E-state index contributed by atoms with van der Waals surface area (Å²) in [5, 5.41) is 0.664. The number of carbonyl (C=O) groups excluding carboxylic acids is 3. The molecule has 4 rings (SSSR count). The summed E-state index contributed by atoms with van der Waals surface area (Å²) >= 11 is 0. The largest absolute Gasteiger partial charge is 0.399 e. The second-order valence-electron chi connectivity index (χ2n) is 6.42. The van der Waals surface area contributed by atoms with Crippen LogP contribution in [0.4, 0.5) is 5.69 Å². The lowest BCUT2D eigenvalue weighted by Crippen LogP contribution is -2.40. The van der Waals surface area contributed by atoms with Crippen molar-refractivity contribution in [3.8, 4) is 0 Å². The summed E-state index contributed by atoms with van der Waals surface area (Å²) in [7, 11) is 0. The highest BCUT2D eigenvalue weighted by atomic mass is 16.2. The van der Waals surface area contributed by atoms with Crippen LogP contribution in [0.5, 0.6) is 0 Å². The lowest BCUT2D eigenvalue weighted by Gasteiger charge is -2.16. The first kappa shape index (κ1) is 16.7. The van der Waals surface area contributed by atoms with Crippen molar-refractivity contribution in [2.75, 3.05) is 12.3 Å². The van der Waals surface area contributed by atoms with Crippen LogP contribution in [0.2, 0.25) is 0 Å². The van der Waals surface area contributed by atoms with Gasteiger partial charge in [0.05, 0.1) is 16.6 Å². The predicted molar refractivity (Wildman–Crippen MR) is 99.8 cm³/mol. The molecule has 0 aliphatic carbocycles. The SMILES string of the molecule is Cc1cc2ccc(N)cc2n(C(=O)CN2C(=O)c3ccccc3C2=O)c1=O. The summed E-state index contributed by atoms with van der Waals surface area (Å²) in [6.45, 7) is 1.07. The smallest absolute Gasteiger partial charge is 0.262 e. The van der Waals surface area contributed by atoms with Gasteiger partial charge in [0.1, 0.15) is 6.54 Å². The zero-order valence-corrected chi connectivity index (χ0v) is 14.4. The Balaban J connectivity index is 1.78. The van der Waals surface area contributed by atoms with E-state index in [-0.39, 0.29) is 11.1 Å². The van der Waals surface area contributed by atoms with Crippen LogP contribution in [0.3, 0.4) is 0 Å². The molecule has 1 aromatic heterocycles. The Morgan fingerprint density at radius 1 is 0.963 bits per heavy atom. The predicted octanol–water partition coefficient (Wildman–Crippen LogP) is 1.83. The Bertz CT molecular complexity index is 1170. The van der Waals surface area contributed by atoms with Gasteiger partial charge in [-0.3, -0.25) is 24.1 Å². The molecule has 2 heterocycles. The van der Waals surface area contributed by atoms with E-state index in [0.717, 1.165) is 9.47 Å². The molecule has 0 fully saturated rings. The van der Waals surface area contributed by atoms with Gasteiger partial charge in [0.15, 0.2) is 0 Å². The van der Waals surface area contributed by atoms with Crippen LogP contribution >= 0.6 is 0 Å². The Kier molecular flexibility index (Phi) is 3.66. The van der Waals surface area contributed by atoms with Crippen LogP contribution in [-0.2, 0) is 0 Å². The maximum atomic E-state index is 12.9. The number of benzene rings is 2. The van der Waals surface area contributed by atoms with Crippen LogP contribution in [0.1, 0.15) is 31.1 Å². The van der Waals surface area contributed by atoms with Gasteiger partial charge in [0, 0.05) is 11.3 Å². The maximum Gasteiger partial charge on any atom is 0.262 e. The van der Waals surface area contributed by atoms with E-state index in [1.807, 2.05) is 0 Å². The van der Waals surface area contributed by atoms with E-state index in [4.69, 9.17) is 5.73 Å². The molecule has 0 radical (unpaired) electrons. The fourth-order valence-electron chi connectivity index (χ4n) is 3.29. The zero-order chi connectivity index (χ0) is 19.3. The molecule has 2 N–H and O–H groups in total. The van der Waals surface area contributed by atoms with Crippen molar-refractivity contribution in [3.63, 3.8) is 0 Å². The van der Waals surface area contributed by atoms with E-state index >= 15 is 0 Å². The van der Waals surface area contributed by atoms with E-state index in [2.05, 4.69) is 0 Å². The van der Waals surface area contributed by atoms with Crippen molar-refractivity contribution in [1.29, 1.82) is 0 Å². The van der Waals surface area contributed by atoms with Gasteiger partial charge in [-0.05, 0) is 42.6 Å². The molecular weight excluding hydrogens is 346 g/mol. The number of pyridine rings is 1. The van der Waals surface area contributed by atoms with Gasteiger partial charge in [-0.15, -0.1) is 0 Å². The van der Waals surface area contributed by atoms with Crippen molar-refractivity contribution in [1.82, 2.24) is 9.47 Å². The van der Waals surface area contributed by atoms with Crippen LogP contribution in [-0.4, -0.2) is 33.7 Å². The monoisotopic (exact) mass is 361 g/mol. The summed E-state index contributed by atoms with van der Waals surface area (Å²) in [6.07, 6.45) is 0. The van der Waals surface area contributed by atoms with Gasteiger partial charge in [0.25, 0.3) is 23.3 Å². The van der Waals surface area contributed by atoms with Gasteiger partial charge in [0.2, 0.25) is 0 Å². The normalized spacial score (nSPS) is 13.3. The molecule has 1 aliphatic heterocycles. The maximum absolute atomic E-state index is 12.9. The molecule has 7 nitrogen and oxygen atoms in total. The minimum absolute atomic E-state index is 0.251. The fourth-order valence-corrected chi connectivity index (χ4v) is 3.29. The number of nitrogens with two attached hydrogens (primary N) is 1. The number of fused-ring (bicyclic) bond motifs is 2. The Labute approximate surface area is 153 Å². The third-order valence-electron chi connectivity index (χ3n) is 4.63. The highest BCUT2D eigenvalue weighted by molar-refractivity contribution is 6.22. The summed E-state index contributed by atoms with van der Waals surface area (Å²) < 4.78 is 0.977. The number of carbonyl (C=O) groups is 3. The number of nitrogen functional groups attached to an aromatic ring is 1. The third-order valence-corrected chi connectivity index (χ3v) is 4.63. The molecule has 0 bridgehead atoms. The molecule has 27 heavy (non-hydrogen) atoms. The average Bonchev–Trinajstić information content (AvgIpc) is 2.88. The highest BCUT2D eigenvalue weighted by Gasteiger charge is 2.36. The Morgan fingerprint density at radius 2 is 1.59 bits per heavy atom. The summed E-state index contributed by atoms with van der Waals surface area (Å²) in [5.41, 5.74) is 6.91. The summed E-state index contributed by atoms with van der Waals surface area (Å²) in [5.74, 6) is -1.77. The van der Waals surface area contributed by atoms with Crippen LogP contribution in [0.25, 0.3) is 10.9 Å². The molecule has 0 saturated heterocycles. The van der Waals surface area contributed by atoms with Gasteiger partial charge < -0.3 is 5.73 Å². The molecule has 7 heteroatoms. The van der Waals surface area contributed by atoms with Crippen molar-refractivity contribution >= 4 is 34.3 Å². The van der Waals surface area contributed by atoms with Gasteiger partial charge in [-0.25, -0.2) is 4.57 Å². The summed E-state index contributed by atoms with van der Waals surface area (Å²) in [4.78, 5) is 51.4. The molecule has 0 spiro atoms. The second kappa shape index (κ2) is 5.91. The standard InChI is InChI=1S/C20H15N3O4/c1-11-8-12-6-7-13(21)9-16(12)23(18(11)25)17(24)10-22-19(26)14-4-2-3-5-15(14)20(22)27/h2-9H,10,21H2,1H3. The molecule has 0 saturated carbocycles. The number of aryl methyl sites for hydroxylation is 1. The third kappa shape index (κ3) is 2.52. The summed E-state index contributed by atoms with van der Waals surface area (Å²) in [6, 6.07) is 12.9. The number of rotatable bonds is 2. The minimum atomic E-state index is -0.672. The Hall–Kier alpha value is -3.74. The lowest BCUT2D eigenvalue weighted by atomic mass is 10.1. The van der Waals surface area contributed by atoms with Crippen molar-refractivity contribution < 1.29 is 14.4 Å². The number of nitrogens with zero attached hydrogens (tertiary/aromatic N) is 2. The van der Waals surface area contributed by atoms with Crippen LogP contribution in [0.15, 0.2) is 53.3 Å². The van der Waals surface area contributed by atoms with Gasteiger partial charge in [-0.2, -0.15) is 0 Å². The van der Waals surface area contributed by atoms with E-state index < -0.39 is 29.8 Å². The van der Waals surface area contributed by atoms with E-state index in [9.17, 15) is 19.2 Å². The first-order chi connectivity index (χ1) is 12.9. The number of anilines is 1. The average molecular weight is 361 g/mol. The fraction of sp³-hybridized carbons (Fsp3) is 0.100. The molecule has 3 aromatic rings. The number of amides is 2. The Morgan fingerprint density at radius 3 is 2.22 bits per heavy atom. The molecule has 0 atom stereocenters. The van der Waals surface area contributed by atoms with Crippen LogP contribution < -0.4 is 11.3 Å². The molecular formula is C20H15N3O4. The molecule has 2 amide bonds. The van der Waals surface area contributed by atoms with E-state index in [1.54, 1.807) is 37.3 Å². The molecule has 2 aromatic carbocycles. The van der Waals surface area contributed by atoms with E-state index in [1.165, 1.54) is 18.2 Å². The van der Waals surface area contributed by atoms with Gasteiger partial charge in [-0.1, -0.05) is 18.2 Å². The van der Waals surface area contributed by atoms with E-state index in [0.29, 0.717) is 22.2 Å². The number of imide groups is 1. The van der Waals surface area contributed by atoms with Gasteiger partial charge >= 0.3 is 0 Å². The first-order valence-corrected chi connectivity index (χ1v) is 8.29. The zero-order valence-electron chi connectivity index (χ0n) is 14.4. The van der Waals surface area contributed by atoms with Crippen LogP contribution in [0, 0.1) is 6.92 Å². The number of hydrogen-bond donors (Lipinski definition) is 1. The highest BCUT2D eigenvalue weighted by Crippen LogP contribution is 2.23. The molecule has 134 valence electrons. The first-order valence-electron chi connectivity index (χ1n) is 8.29. The molecule has 1 aliphatic rings. The number of hydrogen-bond acceptors (Lipinski definition) is 5. The number of aromatic nitrogens is 1. The second-order valence-corrected chi connectivity index (χ2v) is 6.42. The van der Waals surface area contributed by atoms with Crippen molar-refractivity contribution in [2.45, 2.75) is 6.92 Å². The quantitative estimate of drug-likeness (QED) is 0.554. The molecule has 0 unspecified atom stereocenters. The lowest BCUT2D eigenvalue weighted by molar-refractivity contribution is 0.0605. The topological polar surface area (TPSA) is 102 Å². The minimum Gasteiger partial charge on any atom is -0.399 e. The van der Waals surface area contributed by atoms with Crippen molar-refractivity contribution in [3.05, 3.63) is 75.6 Å². The van der Waals surface area contributed by atoms with Crippen molar-refractivity contribution in [2.24, 2.45) is 0 Å².